The van der Waals surface area contributed by atoms with Gasteiger partial charge in [0.25, 0.3) is 0 Å². The molecule has 0 aromatic heterocycles. The molecule has 2 amide bonds. The molecule has 0 aliphatic carbocycles. The monoisotopic (exact) mass is 280 g/mol. The summed E-state index contributed by atoms with van der Waals surface area (Å²) in [5, 5.41) is 14.0. The Morgan fingerprint density at radius 1 is 1.30 bits per heavy atom. The zero-order valence-corrected chi connectivity index (χ0v) is 11.7. The van der Waals surface area contributed by atoms with E-state index < -0.39 is 12.6 Å². The van der Waals surface area contributed by atoms with Crippen molar-refractivity contribution in [2.75, 3.05) is 18.5 Å². The molecule has 0 atom stereocenters. The smallest absolute Gasteiger partial charge is 0.341 e. The Labute approximate surface area is 118 Å². The average Bonchev–Trinajstić information content (AvgIpc) is 2.37. The minimum Gasteiger partial charge on any atom is -0.480 e. The van der Waals surface area contributed by atoms with Crippen LogP contribution in [0.5, 0.6) is 5.75 Å². The number of hydrogen-bond donors (Lipinski definition) is 3. The third kappa shape index (κ3) is 6.08. The molecule has 0 bridgehead atoms. The summed E-state index contributed by atoms with van der Waals surface area (Å²) < 4.78 is 5.10. The summed E-state index contributed by atoms with van der Waals surface area (Å²) in [6.45, 7) is 4.29. The molecule has 3 N–H and O–H groups in total. The van der Waals surface area contributed by atoms with Crippen molar-refractivity contribution in [2.24, 2.45) is 5.92 Å². The molecule has 1 aromatic rings. The molecule has 0 fully saturated rings. The number of aliphatic carboxylic acids is 1. The van der Waals surface area contributed by atoms with Crippen LogP contribution in [-0.4, -0.2) is 30.3 Å². The molecule has 0 saturated carbocycles. The third-order valence-corrected chi connectivity index (χ3v) is 2.49. The summed E-state index contributed by atoms with van der Waals surface area (Å²) in [5.41, 5.74) is 0.441. The van der Waals surface area contributed by atoms with Gasteiger partial charge in [0.15, 0.2) is 6.61 Å². The van der Waals surface area contributed by atoms with Crippen molar-refractivity contribution in [3.63, 3.8) is 0 Å². The Morgan fingerprint density at radius 3 is 2.65 bits per heavy atom. The van der Waals surface area contributed by atoms with Gasteiger partial charge in [0, 0.05) is 6.54 Å². The second-order valence-electron chi connectivity index (χ2n) is 4.74. The van der Waals surface area contributed by atoms with Gasteiger partial charge >= 0.3 is 12.0 Å². The van der Waals surface area contributed by atoms with Crippen LogP contribution < -0.4 is 15.4 Å². The molecule has 6 nitrogen and oxygen atoms in total. The summed E-state index contributed by atoms with van der Waals surface area (Å²) in [4.78, 5) is 22.2. The van der Waals surface area contributed by atoms with Gasteiger partial charge in [0.05, 0.1) is 5.69 Å². The summed E-state index contributed by atoms with van der Waals surface area (Å²) in [7, 11) is 0. The van der Waals surface area contributed by atoms with E-state index in [1.807, 2.05) is 0 Å². The number of anilines is 1. The molecule has 0 unspecified atom stereocenters. The van der Waals surface area contributed by atoms with Crippen LogP contribution in [0.2, 0.25) is 0 Å². The summed E-state index contributed by atoms with van der Waals surface area (Å²) in [6.07, 6.45) is 0.893. The topological polar surface area (TPSA) is 87.7 Å². The molecular weight excluding hydrogens is 260 g/mol. The van der Waals surface area contributed by atoms with E-state index in [0.29, 0.717) is 23.9 Å². The van der Waals surface area contributed by atoms with Crippen molar-refractivity contribution < 1.29 is 19.4 Å². The molecule has 6 heteroatoms. The Bertz CT molecular complexity index is 460. The minimum absolute atomic E-state index is 0.328. The number of rotatable bonds is 7. The fourth-order valence-corrected chi connectivity index (χ4v) is 1.48. The van der Waals surface area contributed by atoms with Gasteiger partial charge in [0.1, 0.15) is 5.75 Å². The number of carbonyl (C=O) groups excluding carboxylic acids is 1. The van der Waals surface area contributed by atoms with Crippen LogP contribution in [0.4, 0.5) is 10.5 Å². The van der Waals surface area contributed by atoms with Crippen LogP contribution in [0.25, 0.3) is 0 Å². The van der Waals surface area contributed by atoms with Crippen molar-refractivity contribution >= 4 is 17.7 Å². The van der Waals surface area contributed by atoms with Gasteiger partial charge in [-0.25, -0.2) is 9.59 Å². The number of ether oxygens (including phenoxy) is 1. The number of carbonyl (C=O) groups is 2. The first-order valence-electron chi connectivity index (χ1n) is 6.47. The third-order valence-electron chi connectivity index (χ3n) is 2.49. The Hall–Kier alpha value is -2.24. The quantitative estimate of drug-likeness (QED) is 0.715. The lowest BCUT2D eigenvalue weighted by Crippen LogP contribution is -2.30. The molecule has 110 valence electrons. The zero-order chi connectivity index (χ0) is 15.0. The fourth-order valence-electron chi connectivity index (χ4n) is 1.48. The minimum atomic E-state index is -1.07. The van der Waals surface area contributed by atoms with Crippen LogP contribution in [0.3, 0.4) is 0 Å². The highest BCUT2D eigenvalue weighted by atomic mass is 16.5. The van der Waals surface area contributed by atoms with E-state index in [1.165, 1.54) is 0 Å². The number of benzene rings is 1. The van der Waals surface area contributed by atoms with Crippen LogP contribution in [-0.2, 0) is 4.79 Å². The number of urea groups is 1. The second kappa shape index (κ2) is 8.04. The second-order valence-corrected chi connectivity index (χ2v) is 4.74. The van der Waals surface area contributed by atoms with Gasteiger partial charge in [-0.2, -0.15) is 0 Å². The Morgan fingerprint density at radius 2 is 2.00 bits per heavy atom. The Balaban J connectivity index is 2.53. The summed E-state index contributed by atoms with van der Waals surface area (Å²) >= 11 is 0. The van der Waals surface area contributed by atoms with Crippen LogP contribution >= 0.6 is 0 Å². The summed E-state index contributed by atoms with van der Waals surface area (Å²) in [5.74, 6) is -0.225. The molecule has 1 rings (SSSR count). The number of nitrogens with one attached hydrogen (secondary N) is 2. The lowest BCUT2D eigenvalue weighted by atomic mass is 10.1. The Kier molecular flexibility index (Phi) is 6.36. The van der Waals surface area contributed by atoms with E-state index >= 15 is 0 Å². The largest absolute Gasteiger partial charge is 0.480 e. The molecule has 20 heavy (non-hydrogen) atoms. The van der Waals surface area contributed by atoms with Crippen LogP contribution in [0, 0.1) is 5.92 Å². The normalized spacial score (nSPS) is 10.2. The SMILES string of the molecule is CC(C)CCNC(=O)Nc1ccccc1OCC(=O)O. The van der Waals surface area contributed by atoms with Crippen molar-refractivity contribution in [3.8, 4) is 5.75 Å². The van der Waals surface area contributed by atoms with Crippen molar-refractivity contribution in [3.05, 3.63) is 24.3 Å². The molecule has 0 spiro atoms. The van der Waals surface area contributed by atoms with E-state index in [4.69, 9.17) is 9.84 Å². The van der Waals surface area contributed by atoms with Crippen LogP contribution in [0.1, 0.15) is 20.3 Å². The van der Waals surface area contributed by atoms with Gasteiger partial charge in [-0.3, -0.25) is 0 Å². The highest BCUT2D eigenvalue weighted by Crippen LogP contribution is 2.23. The average molecular weight is 280 g/mol. The van der Waals surface area contributed by atoms with E-state index in [-0.39, 0.29) is 6.03 Å². The fraction of sp³-hybridized carbons (Fsp3) is 0.429. The van der Waals surface area contributed by atoms with Crippen LogP contribution in [0.15, 0.2) is 24.3 Å². The van der Waals surface area contributed by atoms with E-state index in [1.54, 1.807) is 24.3 Å². The lowest BCUT2D eigenvalue weighted by molar-refractivity contribution is -0.139. The zero-order valence-electron chi connectivity index (χ0n) is 11.7. The van der Waals surface area contributed by atoms with E-state index in [0.717, 1.165) is 6.42 Å². The molecular formula is C14H20N2O4. The molecule has 0 saturated heterocycles. The van der Waals surface area contributed by atoms with Gasteiger partial charge < -0.3 is 20.5 Å². The van der Waals surface area contributed by atoms with E-state index in [9.17, 15) is 9.59 Å². The first-order valence-corrected chi connectivity index (χ1v) is 6.47. The first-order chi connectivity index (χ1) is 9.49. The predicted octanol–water partition coefficient (Wildman–Crippen LogP) is 2.32. The van der Waals surface area contributed by atoms with Gasteiger partial charge in [-0.1, -0.05) is 26.0 Å². The maximum absolute atomic E-state index is 11.7. The molecule has 0 aliphatic heterocycles. The maximum Gasteiger partial charge on any atom is 0.341 e. The van der Waals surface area contributed by atoms with E-state index in [2.05, 4.69) is 24.5 Å². The predicted molar refractivity (Wildman–Crippen MR) is 76.0 cm³/mol. The number of hydrogen-bond acceptors (Lipinski definition) is 3. The van der Waals surface area contributed by atoms with Crippen molar-refractivity contribution in [2.45, 2.75) is 20.3 Å². The lowest BCUT2D eigenvalue weighted by Gasteiger charge is -2.12. The maximum atomic E-state index is 11.7. The highest BCUT2D eigenvalue weighted by molar-refractivity contribution is 5.90. The number of amides is 2. The highest BCUT2D eigenvalue weighted by Gasteiger charge is 2.08. The van der Waals surface area contributed by atoms with Crippen molar-refractivity contribution in [1.29, 1.82) is 0 Å². The molecule has 0 heterocycles. The first kappa shape index (κ1) is 15.8. The molecule has 0 aliphatic rings. The molecule has 0 radical (unpaired) electrons. The van der Waals surface area contributed by atoms with Gasteiger partial charge in [-0.05, 0) is 24.5 Å². The number of carboxylic acids is 1. The van der Waals surface area contributed by atoms with Gasteiger partial charge in [-0.15, -0.1) is 0 Å². The number of para-hydroxylation sites is 2. The summed E-state index contributed by atoms with van der Waals surface area (Å²) in [6, 6.07) is 6.36. The van der Waals surface area contributed by atoms with Gasteiger partial charge in [0.2, 0.25) is 0 Å². The standard InChI is InChI=1S/C14H20N2O4/c1-10(2)7-8-15-14(19)16-11-5-3-4-6-12(11)20-9-13(17)18/h3-6,10H,7-9H2,1-2H3,(H,17,18)(H2,15,16,19). The molecule has 1 aromatic carbocycles. The van der Waals surface area contributed by atoms with Crippen molar-refractivity contribution in [1.82, 2.24) is 5.32 Å². The number of carboxylic acid groups (broad SMARTS) is 1.